The number of nitrogens with one attached hydrogen (secondary N) is 1. The Kier molecular flexibility index (Phi) is 5.51. The van der Waals surface area contributed by atoms with Crippen LogP contribution in [0.2, 0.25) is 0 Å². The summed E-state index contributed by atoms with van der Waals surface area (Å²) in [5.41, 5.74) is 1.78. The Morgan fingerprint density at radius 2 is 1.59 bits per heavy atom. The number of hydrogen-bond acceptors (Lipinski definition) is 5. The summed E-state index contributed by atoms with van der Waals surface area (Å²) in [5.74, 6) is 0.652. The lowest BCUT2D eigenvalue weighted by molar-refractivity contribution is 0.0746. The minimum Gasteiger partial charge on any atom is -0.368 e. The van der Waals surface area contributed by atoms with Crippen molar-refractivity contribution in [2.45, 2.75) is 38.1 Å². The van der Waals surface area contributed by atoms with Crippen molar-refractivity contribution in [3.63, 3.8) is 0 Å². The van der Waals surface area contributed by atoms with E-state index >= 15 is 0 Å². The van der Waals surface area contributed by atoms with E-state index in [0.717, 1.165) is 26.2 Å². The fraction of sp³-hybridized carbons (Fsp3) is 0.476. The number of rotatable bonds is 4. The third-order valence-corrected chi connectivity index (χ3v) is 5.53. The maximum Gasteiger partial charge on any atom is 0.257 e. The van der Waals surface area contributed by atoms with Crippen LogP contribution in [0, 0.1) is 0 Å². The van der Waals surface area contributed by atoms with Gasteiger partial charge in [-0.2, -0.15) is 0 Å². The molecule has 6 heteroatoms. The molecule has 1 aromatic heterocycles. The molecule has 1 aliphatic heterocycles. The molecule has 27 heavy (non-hydrogen) atoms. The SMILES string of the molecule is O=C(c1cnc(NC2CCCCC2)nc1)N1CCN(c2ccccc2)CC1. The zero-order valence-corrected chi connectivity index (χ0v) is 15.7. The van der Waals surface area contributed by atoms with Gasteiger partial charge in [-0.05, 0) is 25.0 Å². The first-order chi connectivity index (χ1) is 13.3. The number of aromatic nitrogens is 2. The topological polar surface area (TPSA) is 61.4 Å². The largest absolute Gasteiger partial charge is 0.368 e. The van der Waals surface area contributed by atoms with E-state index in [2.05, 4.69) is 32.3 Å². The maximum atomic E-state index is 12.8. The molecule has 1 aliphatic carbocycles. The van der Waals surface area contributed by atoms with Crippen molar-refractivity contribution in [1.82, 2.24) is 14.9 Å². The second kappa shape index (κ2) is 8.37. The first kappa shape index (κ1) is 17.8. The molecule has 2 aromatic rings. The van der Waals surface area contributed by atoms with Gasteiger partial charge in [-0.1, -0.05) is 37.5 Å². The standard InChI is InChI=1S/C21H27N5O/c27-20(26-13-11-25(12-14-26)19-9-5-2-6-10-19)17-15-22-21(23-16-17)24-18-7-3-1-4-8-18/h2,5-6,9-10,15-16,18H,1,3-4,7-8,11-14H2,(H,22,23,24). The Morgan fingerprint density at radius 3 is 2.26 bits per heavy atom. The zero-order chi connectivity index (χ0) is 18.5. The third-order valence-electron chi connectivity index (χ3n) is 5.53. The van der Waals surface area contributed by atoms with Gasteiger partial charge in [-0.15, -0.1) is 0 Å². The maximum absolute atomic E-state index is 12.8. The number of para-hydroxylation sites is 1. The fourth-order valence-corrected chi connectivity index (χ4v) is 3.93. The highest BCUT2D eigenvalue weighted by molar-refractivity contribution is 5.93. The van der Waals surface area contributed by atoms with Gasteiger partial charge in [0.2, 0.25) is 5.95 Å². The summed E-state index contributed by atoms with van der Waals surface area (Å²) >= 11 is 0. The van der Waals surface area contributed by atoms with E-state index < -0.39 is 0 Å². The molecular weight excluding hydrogens is 338 g/mol. The molecule has 142 valence electrons. The van der Waals surface area contributed by atoms with Crippen LogP contribution in [0.4, 0.5) is 11.6 Å². The van der Waals surface area contributed by atoms with Gasteiger partial charge >= 0.3 is 0 Å². The molecule has 1 saturated heterocycles. The number of hydrogen-bond donors (Lipinski definition) is 1. The minimum atomic E-state index is 0.0203. The van der Waals surface area contributed by atoms with Crippen molar-refractivity contribution in [1.29, 1.82) is 0 Å². The number of amides is 1. The highest BCUT2D eigenvalue weighted by Gasteiger charge is 2.23. The quantitative estimate of drug-likeness (QED) is 0.902. The molecular formula is C21H27N5O. The summed E-state index contributed by atoms with van der Waals surface area (Å²) < 4.78 is 0. The van der Waals surface area contributed by atoms with Crippen LogP contribution in [-0.2, 0) is 0 Å². The average Bonchev–Trinajstić information content (AvgIpc) is 2.75. The van der Waals surface area contributed by atoms with Gasteiger partial charge in [0.1, 0.15) is 0 Å². The number of anilines is 2. The molecule has 0 spiro atoms. The second-order valence-electron chi connectivity index (χ2n) is 7.39. The summed E-state index contributed by atoms with van der Waals surface area (Å²) in [6.45, 7) is 3.13. The lowest BCUT2D eigenvalue weighted by atomic mass is 9.96. The first-order valence-corrected chi connectivity index (χ1v) is 9.97. The predicted octanol–water partition coefficient (Wildman–Crippen LogP) is 3.18. The number of nitrogens with zero attached hydrogens (tertiary/aromatic N) is 4. The molecule has 0 bridgehead atoms. The monoisotopic (exact) mass is 365 g/mol. The van der Waals surface area contributed by atoms with Crippen molar-refractivity contribution in [2.24, 2.45) is 0 Å². The van der Waals surface area contributed by atoms with E-state index in [-0.39, 0.29) is 5.91 Å². The Labute approximate surface area is 160 Å². The molecule has 1 aromatic carbocycles. The van der Waals surface area contributed by atoms with Crippen molar-refractivity contribution in [3.05, 3.63) is 48.3 Å². The summed E-state index contributed by atoms with van der Waals surface area (Å²) in [7, 11) is 0. The average molecular weight is 365 g/mol. The van der Waals surface area contributed by atoms with Gasteiger partial charge in [0.15, 0.2) is 0 Å². The Hall–Kier alpha value is -2.63. The van der Waals surface area contributed by atoms with Crippen LogP contribution in [0.25, 0.3) is 0 Å². The van der Waals surface area contributed by atoms with E-state index in [4.69, 9.17) is 0 Å². The van der Waals surface area contributed by atoms with Crippen LogP contribution >= 0.6 is 0 Å². The normalized spacial score (nSPS) is 18.4. The first-order valence-electron chi connectivity index (χ1n) is 9.97. The molecule has 1 saturated carbocycles. The van der Waals surface area contributed by atoms with Gasteiger partial charge in [-0.3, -0.25) is 4.79 Å². The smallest absolute Gasteiger partial charge is 0.257 e. The van der Waals surface area contributed by atoms with Gasteiger partial charge < -0.3 is 15.1 Å². The lowest BCUT2D eigenvalue weighted by Crippen LogP contribution is -2.48. The minimum absolute atomic E-state index is 0.0203. The van der Waals surface area contributed by atoms with Crippen LogP contribution in [0.15, 0.2) is 42.7 Å². The molecule has 0 unspecified atom stereocenters. The number of piperazine rings is 1. The van der Waals surface area contributed by atoms with Crippen LogP contribution in [0.1, 0.15) is 42.5 Å². The zero-order valence-electron chi connectivity index (χ0n) is 15.7. The van der Waals surface area contributed by atoms with Gasteiger partial charge in [0.05, 0.1) is 5.56 Å². The van der Waals surface area contributed by atoms with E-state index in [1.54, 1.807) is 12.4 Å². The van der Waals surface area contributed by atoms with Gasteiger partial charge in [-0.25, -0.2) is 9.97 Å². The lowest BCUT2D eigenvalue weighted by Gasteiger charge is -2.36. The van der Waals surface area contributed by atoms with E-state index in [1.807, 2.05) is 23.1 Å². The molecule has 1 amide bonds. The second-order valence-corrected chi connectivity index (χ2v) is 7.39. The summed E-state index contributed by atoms with van der Waals surface area (Å²) in [5, 5.41) is 3.40. The fourth-order valence-electron chi connectivity index (χ4n) is 3.93. The molecule has 0 radical (unpaired) electrons. The molecule has 6 nitrogen and oxygen atoms in total. The van der Waals surface area contributed by atoms with Gasteiger partial charge in [0, 0.05) is 50.3 Å². The van der Waals surface area contributed by atoms with Crippen molar-refractivity contribution in [2.75, 3.05) is 36.4 Å². The Morgan fingerprint density at radius 1 is 0.926 bits per heavy atom. The van der Waals surface area contributed by atoms with Crippen molar-refractivity contribution < 1.29 is 4.79 Å². The highest BCUT2D eigenvalue weighted by Crippen LogP contribution is 2.20. The van der Waals surface area contributed by atoms with Crippen LogP contribution in [-0.4, -0.2) is 53.0 Å². The molecule has 0 atom stereocenters. The molecule has 1 N–H and O–H groups in total. The van der Waals surface area contributed by atoms with E-state index in [9.17, 15) is 4.79 Å². The van der Waals surface area contributed by atoms with Crippen LogP contribution < -0.4 is 10.2 Å². The van der Waals surface area contributed by atoms with Gasteiger partial charge in [0.25, 0.3) is 5.91 Å². The number of benzene rings is 1. The summed E-state index contributed by atoms with van der Waals surface area (Å²) in [4.78, 5) is 25.7. The van der Waals surface area contributed by atoms with Crippen molar-refractivity contribution >= 4 is 17.5 Å². The summed E-state index contributed by atoms with van der Waals surface area (Å²) in [6.07, 6.45) is 9.52. The number of carbonyl (C=O) groups is 1. The van der Waals surface area contributed by atoms with Crippen LogP contribution in [0.5, 0.6) is 0 Å². The summed E-state index contributed by atoms with van der Waals surface area (Å²) in [6, 6.07) is 10.8. The Bertz CT molecular complexity index is 735. The molecule has 4 rings (SSSR count). The highest BCUT2D eigenvalue weighted by atomic mass is 16.2. The molecule has 2 aliphatic rings. The molecule has 2 fully saturated rings. The van der Waals surface area contributed by atoms with E-state index in [0.29, 0.717) is 17.6 Å². The Balaban J connectivity index is 1.32. The van der Waals surface area contributed by atoms with Crippen LogP contribution in [0.3, 0.4) is 0 Å². The van der Waals surface area contributed by atoms with Crippen molar-refractivity contribution in [3.8, 4) is 0 Å². The predicted molar refractivity (Wildman–Crippen MR) is 107 cm³/mol. The third kappa shape index (κ3) is 4.38. The van der Waals surface area contributed by atoms with E-state index in [1.165, 1.54) is 37.8 Å². The molecule has 2 heterocycles. The number of carbonyl (C=O) groups excluding carboxylic acids is 1.